The normalized spacial score (nSPS) is 24.8. The first-order chi connectivity index (χ1) is 7.71. The molecular weight excluding hydrogens is 240 g/mol. The van der Waals surface area contributed by atoms with Crippen molar-refractivity contribution in [2.24, 2.45) is 0 Å². The largest absolute Gasteiger partial charge is 0.505 e. The molecule has 0 saturated heterocycles. The van der Waals surface area contributed by atoms with Crippen molar-refractivity contribution in [1.82, 2.24) is 0 Å². The summed E-state index contributed by atoms with van der Waals surface area (Å²) >= 11 is 0. The summed E-state index contributed by atoms with van der Waals surface area (Å²) < 4.78 is 4.28. The van der Waals surface area contributed by atoms with Gasteiger partial charge in [-0.25, -0.2) is 4.79 Å². The maximum atomic E-state index is 10.9. The Morgan fingerprint density at radius 1 is 1.12 bits per heavy atom. The van der Waals surface area contributed by atoms with Crippen LogP contribution in [0.1, 0.15) is 0 Å². The minimum atomic E-state index is -3.26. The van der Waals surface area contributed by atoms with E-state index in [0.717, 1.165) is 0 Å². The Balaban J connectivity index is 3.18. The molecule has 1 aliphatic heterocycles. The number of esters is 1. The van der Waals surface area contributed by atoms with E-state index < -0.39 is 48.2 Å². The summed E-state index contributed by atoms with van der Waals surface area (Å²) in [4.78, 5) is 10.9. The second-order valence-corrected chi connectivity index (χ2v) is 3.58. The first kappa shape index (κ1) is 13.7. The molecule has 9 nitrogen and oxygen atoms in total. The quantitative estimate of drug-likeness (QED) is 0.199. The molecule has 0 spiro atoms. The SMILES string of the molecule is O=C1O[C@H]([C@@](O)(CO)C(O)(O)CO)C(O)=C1O. The molecule has 0 saturated carbocycles. The molecule has 17 heavy (non-hydrogen) atoms. The summed E-state index contributed by atoms with van der Waals surface area (Å²) in [6.07, 6.45) is -2.11. The minimum Gasteiger partial charge on any atom is -0.505 e. The van der Waals surface area contributed by atoms with Gasteiger partial charge in [-0.05, 0) is 0 Å². The van der Waals surface area contributed by atoms with Gasteiger partial charge in [-0.2, -0.15) is 0 Å². The molecule has 0 amide bonds. The fourth-order valence-corrected chi connectivity index (χ4v) is 1.33. The summed E-state index contributed by atoms with van der Waals surface area (Å²) in [6.45, 7) is -2.78. The van der Waals surface area contributed by atoms with Gasteiger partial charge in [-0.1, -0.05) is 0 Å². The molecule has 2 atom stereocenters. The highest BCUT2D eigenvalue weighted by atomic mass is 16.6. The average Bonchev–Trinajstić information content (AvgIpc) is 2.56. The number of aliphatic hydroxyl groups excluding tert-OH is 4. The van der Waals surface area contributed by atoms with Crippen LogP contribution in [-0.2, 0) is 9.53 Å². The third-order valence-corrected chi connectivity index (χ3v) is 2.50. The van der Waals surface area contributed by atoms with E-state index in [2.05, 4.69) is 4.74 Å². The Hall–Kier alpha value is -1.39. The van der Waals surface area contributed by atoms with E-state index in [1.165, 1.54) is 0 Å². The van der Waals surface area contributed by atoms with Crippen LogP contribution >= 0.6 is 0 Å². The second-order valence-electron chi connectivity index (χ2n) is 3.58. The fraction of sp³-hybridized carbons (Fsp3) is 0.625. The lowest BCUT2D eigenvalue weighted by Crippen LogP contribution is -2.66. The van der Waals surface area contributed by atoms with Crippen LogP contribution in [0.5, 0.6) is 0 Å². The van der Waals surface area contributed by atoms with E-state index >= 15 is 0 Å². The van der Waals surface area contributed by atoms with E-state index in [0.29, 0.717) is 0 Å². The van der Waals surface area contributed by atoms with Crippen molar-refractivity contribution in [2.75, 3.05) is 13.2 Å². The zero-order valence-corrected chi connectivity index (χ0v) is 8.44. The first-order valence-corrected chi connectivity index (χ1v) is 4.43. The number of carbonyl (C=O) groups excluding carboxylic acids is 1. The Kier molecular flexibility index (Phi) is 3.32. The van der Waals surface area contributed by atoms with Crippen LogP contribution in [0, 0.1) is 0 Å². The second kappa shape index (κ2) is 4.13. The van der Waals surface area contributed by atoms with Gasteiger partial charge in [0.1, 0.15) is 6.61 Å². The molecule has 0 fully saturated rings. The molecule has 0 aliphatic carbocycles. The number of carbonyl (C=O) groups is 1. The van der Waals surface area contributed by atoms with Gasteiger partial charge in [0.05, 0.1) is 6.61 Å². The topological polar surface area (TPSA) is 168 Å². The number of hydrogen-bond acceptors (Lipinski definition) is 9. The van der Waals surface area contributed by atoms with Gasteiger partial charge in [-0.15, -0.1) is 0 Å². The average molecular weight is 252 g/mol. The molecule has 1 heterocycles. The highest BCUT2D eigenvalue weighted by Crippen LogP contribution is 2.33. The lowest BCUT2D eigenvalue weighted by Gasteiger charge is -2.39. The van der Waals surface area contributed by atoms with Crippen molar-refractivity contribution in [2.45, 2.75) is 17.5 Å². The third-order valence-electron chi connectivity index (χ3n) is 2.50. The molecule has 98 valence electrons. The molecule has 0 radical (unpaired) electrons. The van der Waals surface area contributed by atoms with E-state index in [1.807, 2.05) is 0 Å². The molecule has 0 bridgehead atoms. The third kappa shape index (κ3) is 1.83. The Labute approximate surface area is 94.4 Å². The molecule has 0 aromatic heterocycles. The van der Waals surface area contributed by atoms with Gasteiger partial charge in [0, 0.05) is 0 Å². The summed E-state index contributed by atoms with van der Waals surface area (Å²) in [5, 5.41) is 64.1. The smallest absolute Gasteiger partial charge is 0.378 e. The highest BCUT2D eigenvalue weighted by molar-refractivity contribution is 5.89. The Bertz CT molecular complexity index is 360. The van der Waals surface area contributed by atoms with Crippen molar-refractivity contribution >= 4 is 5.97 Å². The number of ether oxygens (including phenoxy) is 1. The van der Waals surface area contributed by atoms with Crippen LogP contribution < -0.4 is 0 Å². The molecule has 0 aromatic carbocycles. The molecule has 0 unspecified atom stereocenters. The van der Waals surface area contributed by atoms with Crippen molar-refractivity contribution in [3.8, 4) is 0 Å². The highest BCUT2D eigenvalue weighted by Gasteiger charge is 2.60. The lowest BCUT2D eigenvalue weighted by molar-refractivity contribution is -0.319. The molecule has 7 N–H and O–H groups in total. The Morgan fingerprint density at radius 2 is 1.65 bits per heavy atom. The molecular formula is C8H12O9. The zero-order valence-electron chi connectivity index (χ0n) is 8.44. The van der Waals surface area contributed by atoms with Crippen LogP contribution in [0.15, 0.2) is 11.5 Å². The predicted molar refractivity (Wildman–Crippen MR) is 48.5 cm³/mol. The zero-order chi connectivity index (χ0) is 13.4. The standard InChI is InChI=1S/C8H12O9/c9-1-7(14,8(15,16)2-10)5-3(11)4(12)6(13)17-5/h5,9-12,14-16H,1-2H2/t5-,7-/m0/s1. The minimum absolute atomic E-state index is 1.17. The van der Waals surface area contributed by atoms with Gasteiger partial charge in [0.25, 0.3) is 0 Å². The number of rotatable bonds is 4. The van der Waals surface area contributed by atoms with E-state index in [-0.39, 0.29) is 0 Å². The van der Waals surface area contributed by atoms with Gasteiger partial charge in [0.2, 0.25) is 11.5 Å². The van der Waals surface area contributed by atoms with Crippen molar-refractivity contribution in [3.05, 3.63) is 11.5 Å². The molecule has 1 aliphatic rings. The summed E-state index contributed by atoms with van der Waals surface area (Å²) in [5.41, 5.74) is -2.99. The predicted octanol–water partition coefficient (Wildman–Crippen LogP) is -3.36. The fourth-order valence-electron chi connectivity index (χ4n) is 1.33. The lowest BCUT2D eigenvalue weighted by atomic mass is 9.87. The van der Waals surface area contributed by atoms with Gasteiger partial charge < -0.3 is 40.5 Å². The molecule has 0 aromatic rings. The van der Waals surface area contributed by atoms with Crippen molar-refractivity contribution in [3.63, 3.8) is 0 Å². The van der Waals surface area contributed by atoms with Crippen LogP contribution in [0.2, 0.25) is 0 Å². The molecule has 9 heteroatoms. The number of hydrogen-bond donors (Lipinski definition) is 7. The van der Waals surface area contributed by atoms with Crippen LogP contribution in [0.3, 0.4) is 0 Å². The van der Waals surface area contributed by atoms with Crippen LogP contribution in [0.25, 0.3) is 0 Å². The van der Waals surface area contributed by atoms with Crippen LogP contribution in [0.4, 0.5) is 0 Å². The summed E-state index contributed by atoms with van der Waals surface area (Å²) in [5.74, 6) is -7.07. The summed E-state index contributed by atoms with van der Waals surface area (Å²) in [7, 11) is 0. The van der Waals surface area contributed by atoms with Crippen LogP contribution in [-0.4, -0.2) is 72.4 Å². The van der Waals surface area contributed by atoms with E-state index in [1.54, 1.807) is 0 Å². The van der Waals surface area contributed by atoms with Gasteiger partial charge in [-0.3, -0.25) is 0 Å². The van der Waals surface area contributed by atoms with Gasteiger partial charge in [0.15, 0.2) is 17.5 Å². The first-order valence-electron chi connectivity index (χ1n) is 4.43. The maximum Gasteiger partial charge on any atom is 0.378 e. The van der Waals surface area contributed by atoms with E-state index in [9.17, 15) is 25.2 Å². The monoisotopic (exact) mass is 252 g/mol. The molecule has 1 rings (SSSR count). The number of aliphatic hydroxyl groups is 7. The van der Waals surface area contributed by atoms with Crippen molar-refractivity contribution in [1.29, 1.82) is 0 Å². The summed E-state index contributed by atoms with van der Waals surface area (Å²) in [6, 6.07) is 0. The number of cyclic esters (lactones) is 1. The van der Waals surface area contributed by atoms with Gasteiger partial charge >= 0.3 is 5.97 Å². The Morgan fingerprint density at radius 3 is 1.94 bits per heavy atom. The van der Waals surface area contributed by atoms with Crippen molar-refractivity contribution < 1.29 is 45.3 Å². The maximum absolute atomic E-state index is 10.9. The van der Waals surface area contributed by atoms with E-state index in [4.69, 9.17) is 15.3 Å².